The number of alkyl carbamates (subject to hydrolysis) is 1. The largest absolute Gasteiger partial charge is 0.479 e. The van der Waals surface area contributed by atoms with Gasteiger partial charge >= 0.3 is 12.1 Å². The molecule has 160 valence electrons. The Hall–Kier alpha value is -3.26. The Bertz CT molecular complexity index is 897. The van der Waals surface area contributed by atoms with Crippen LogP contribution < -0.4 is 14.8 Å². The molecule has 0 aromatic heterocycles. The molecule has 0 fully saturated rings. The minimum atomic E-state index is -1.00. The van der Waals surface area contributed by atoms with Gasteiger partial charge in [-0.3, -0.25) is 0 Å². The number of rotatable bonds is 9. The molecule has 8 nitrogen and oxygen atoms in total. The molecule has 1 atom stereocenters. The lowest BCUT2D eigenvalue weighted by atomic mass is 10.0. The van der Waals surface area contributed by atoms with Crippen molar-refractivity contribution < 1.29 is 33.6 Å². The Morgan fingerprint density at radius 2 is 1.83 bits per heavy atom. The van der Waals surface area contributed by atoms with Crippen LogP contribution in [0.5, 0.6) is 11.5 Å². The summed E-state index contributed by atoms with van der Waals surface area (Å²) in [7, 11) is 0. The van der Waals surface area contributed by atoms with Gasteiger partial charge in [0.15, 0.2) is 17.6 Å². The third kappa shape index (κ3) is 6.12. The highest BCUT2D eigenvalue weighted by atomic mass is 16.7. The van der Waals surface area contributed by atoms with Gasteiger partial charge in [-0.1, -0.05) is 30.3 Å². The van der Waals surface area contributed by atoms with Crippen LogP contribution in [-0.2, 0) is 33.8 Å². The summed E-state index contributed by atoms with van der Waals surface area (Å²) in [6, 6.07) is 12.7. The first kappa shape index (κ1) is 21.4. The number of nitrogens with one attached hydrogen (secondary N) is 1. The number of benzene rings is 2. The summed E-state index contributed by atoms with van der Waals surface area (Å²) in [5.74, 6) is 0.306. The maximum absolute atomic E-state index is 12.0. The van der Waals surface area contributed by atoms with Gasteiger partial charge in [-0.05, 0) is 42.7 Å². The maximum atomic E-state index is 12.0. The van der Waals surface area contributed by atoms with E-state index in [-0.39, 0.29) is 32.5 Å². The smallest absolute Gasteiger partial charge is 0.407 e. The predicted octanol–water partition coefficient (Wildman–Crippen LogP) is 3.26. The highest BCUT2D eigenvalue weighted by Crippen LogP contribution is 2.32. The molecular weight excluding hydrogens is 390 g/mol. The van der Waals surface area contributed by atoms with Crippen LogP contribution in [0.1, 0.15) is 30.5 Å². The number of hydrogen-bond donors (Lipinski definition) is 2. The molecule has 0 spiro atoms. The molecule has 1 heterocycles. The van der Waals surface area contributed by atoms with E-state index in [9.17, 15) is 14.7 Å². The van der Waals surface area contributed by atoms with Crippen LogP contribution in [0.15, 0.2) is 42.5 Å². The van der Waals surface area contributed by atoms with Crippen molar-refractivity contribution in [2.24, 2.45) is 0 Å². The molecule has 0 radical (unpaired) electrons. The number of aliphatic carboxylic acids is 1. The summed E-state index contributed by atoms with van der Waals surface area (Å²) in [5, 5.41) is 12.0. The summed E-state index contributed by atoms with van der Waals surface area (Å²) in [6.45, 7) is 4.15. The van der Waals surface area contributed by atoms with Crippen LogP contribution in [0.3, 0.4) is 0 Å². The molecule has 8 heteroatoms. The van der Waals surface area contributed by atoms with E-state index in [2.05, 4.69) is 5.32 Å². The van der Waals surface area contributed by atoms with Crippen molar-refractivity contribution in [1.29, 1.82) is 0 Å². The topological polar surface area (TPSA) is 103 Å². The van der Waals surface area contributed by atoms with Gasteiger partial charge in [0, 0.05) is 13.0 Å². The Kier molecular flexibility index (Phi) is 7.13. The van der Waals surface area contributed by atoms with E-state index in [4.69, 9.17) is 18.9 Å². The van der Waals surface area contributed by atoms with Gasteiger partial charge in [-0.15, -0.1) is 0 Å². The number of amides is 1. The number of ether oxygens (including phenoxy) is 4. The molecule has 0 bridgehead atoms. The Labute approximate surface area is 174 Å². The molecule has 30 heavy (non-hydrogen) atoms. The van der Waals surface area contributed by atoms with E-state index in [1.165, 1.54) is 0 Å². The molecular formula is C22H25NO7. The lowest BCUT2D eigenvalue weighted by molar-refractivity contribution is -0.153. The van der Waals surface area contributed by atoms with E-state index in [1.807, 2.05) is 30.3 Å². The summed E-state index contributed by atoms with van der Waals surface area (Å²) >= 11 is 0. The van der Waals surface area contributed by atoms with Crippen LogP contribution in [-0.4, -0.2) is 36.2 Å². The number of carbonyl (C=O) groups excluding carboxylic acids is 1. The van der Waals surface area contributed by atoms with Crippen molar-refractivity contribution in [3.63, 3.8) is 0 Å². The van der Waals surface area contributed by atoms with E-state index in [0.29, 0.717) is 11.5 Å². The van der Waals surface area contributed by atoms with Crippen molar-refractivity contribution in [3.8, 4) is 11.5 Å². The average Bonchev–Trinajstić information content (AvgIpc) is 3.18. The van der Waals surface area contributed by atoms with E-state index >= 15 is 0 Å². The summed E-state index contributed by atoms with van der Waals surface area (Å²) in [4.78, 5) is 23.4. The second kappa shape index (κ2) is 9.98. The summed E-state index contributed by atoms with van der Waals surface area (Å²) < 4.78 is 21.2. The Balaban J connectivity index is 1.48. The zero-order valence-corrected chi connectivity index (χ0v) is 16.9. The fraction of sp³-hybridized carbons (Fsp3) is 0.364. The van der Waals surface area contributed by atoms with Crippen molar-refractivity contribution in [1.82, 2.24) is 5.32 Å². The molecule has 0 saturated heterocycles. The molecule has 3 rings (SSSR count). The van der Waals surface area contributed by atoms with Crippen molar-refractivity contribution in [2.45, 2.75) is 45.6 Å². The first-order chi connectivity index (χ1) is 14.4. The van der Waals surface area contributed by atoms with Gasteiger partial charge in [0.1, 0.15) is 6.61 Å². The molecule has 0 unspecified atom stereocenters. The van der Waals surface area contributed by atoms with Crippen molar-refractivity contribution in [3.05, 3.63) is 59.2 Å². The van der Waals surface area contributed by atoms with Crippen LogP contribution in [0.4, 0.5) is 4.79 Å². The second-order valence-corrected chi connectivity index (χ2v) is 7.15. The fourth-order valence-corrected chi connectivity index (χ4v) is 3.01. The van der Waals surface area contributed by atoms with Crippen LogP contribution in [0.2, 0.25) is 0 Å². The summed E-state index contributed by atoms with van der Waals surface area (Å²) in [6.07, 6.45) is -1.41. The van der Waals surface area contributed by atoms with Crippen molar-refractivity contribution >= 4 is 12.1 Å². The van der Waals surface area contributed by atoms with Crippen LogP contribution in [0.25, 0.3) is 0 Å². The van der Waals surface area contributed by atoms with Crippen molar-refractivity contribution in [2.75, 3.05) is 6.79 Å². The van der Waals surface area contributed by atoms with E-state index < -0.39 is 18.2 Å². The fourth-order valence-electron chi connectivity index (χ4n) is 3.01. The summed E-state index contributed by atoms with van der Waals surface area (Å²) in [5.41, 5.74) is 2.44. The molecule has 2 aromatic carbocycles. The highest BCUT2D eigenvalue weighted by molar-refractivity contribution is 5.72. The number of hydrogen-bond acceptors (Lipinski definition) is 6. The van der Waals surface area contributed by atoms with E-state index in [0.717, 1.165) is 16.7 Å². The second-order valence-electron chi connectivity index (χ2n) is 7.15. The first-order valence-electron chi connectivity index (χ1n) is 9.66. The number of carbonyl (C=O) groups is 2. The lowest BCUT2D eigenvalue weighted by Gasteiger charge is -2.17. The number of fused-ring (bicyclic) bond motifs is 1. The number of carboxylic acid groups (broad SMARTS) is 1. The molecule has 1 aliphatic rings. The van der Waals surface area contributed by atoms with Gasteiger partial charge in [0.25, 0.3) is 0 Å². The first-order valence-corrected chi connectivity index (χ1v) is 9.66. The van der Waals surface area contributed by atoms with Crippen LogP contribution >= 0.6 is 0 Å². The Morgan fingerprint density at radius 3 is 2.60 bits per heavy atom. The van der Waals surface area contributed by atoms with Gasteiger partial charge in [0.2, 0.25) is 6.79 Å². The van der Waals surface area contributed by atoms with Gasteiger partial charge in [-0.2, -0.15) is 0 Å². The van der Waals surface area contributed by atoms with Gasteiger partial charge < -0.3 is 29.4 Å². The van der Waals surface area contributed by atoms with Crippen LogP contribution in [0, 0.1) is 0 Å². The van der Waals surface area contributed by atoms with Gasteiger partial charge in [0.05, 0.1) is 6.10 Å². The molecule has 2 aromatic rings. The lowest BCUT2D eigenvalue weighted by Crippen LogP contribution is -2.29. The minimum absolute atomic E-state index is 0.106. The zero-order chi connectivity index (χ0) is 21.5. The molecule has 0 saturated carbocycles. The number of carboxylic acids is 1. The Morgan fingerprint density at radius 1 is 1.07 bits per heavy atom. The SMILES string of the molecule is CC(C)O[C@@H](Cc1cccc(CNC(=O)OCc2ccc3c(c2)OCO3)c1)C(=O)O. The average molecular weight is 415 g/mol. The highest BCUT2D eigenvalue weighted by Gasteiger charge is 2.20. The maximum Gasteiger partial charge on any atom is 0.407 e. The predicted molar refractivity (Wildman–Crippen MR) is 107 cm³/mol. The molecule has 0 aliphatic carbocycles. The quantitative estimate of drug-likeness (QED) is 0.648. The monoisotopic (exact) mass is 415 g/mol. The normalized spacial score (nSPS) is 13.2. The standard InChI is InChI=1S/C22H25NO7/c1-14(2)30-20(21(24)25)9-15-4-3-5-16(8-15)11-23-22(26)27-12-17-6-7-18-19(10-17)29-13-28-18/h3-8,10,14,20H,9,11-13H2,1-2H3,(H,23,26)(H,24,25)/t20-/m0/s1. The third-order valence-corrected chi connectivity index (χ3v) is 4.37. The minimum Gasteiger partial charge on any atom is -0.479 e. The molecule has 1 amide bonds. The zero-order valence-electron chi connectivity index (χ0n) is 16.9. The molecule has 1 aliphatic heterocycles. The van der Waals surface area contributed by atoms with Gasteiger partial charge in [-0.25, -0.2) is 9.59 Å². The van der Waals surface area contributed by atoms with E-state index in [1.54, 1.807) is 26.0 Å². The third-order valence-electron chi connectivity index (χ3n) is 4.37. The molecule has 2 N–H and O–H groups in total.